The highest BCUT2D eigenvalue weighted by molar-refractivity contribution is 9.10. The maximum Gasteiger partial charge on any atom is 0.154 e. The Bertz CT molecular complexity index is 625. The van der Waals surface area contributed by atoms with Crippen LogP contribution in [0.15, 0.2) is 22.7 Å². The van der Waals surface area contributed by atoms with Crippen LogP contribution in [0.3, 0.4) is 0 Å². The fourth-order valence-electron chi connectivity index (χ4n) is 1.72. The molecule has 0 aliphatic carbocycles. The van der Waals surface area contributed by atoms with Crippen molar-refractivity contribution in [3.8, 4) is 0 Å². The molecule has 0 amide bonds. The lowest BCUT2D eigenvalue weighted by Gasteiger charge is -2.20. The number of nitrogens with zero attached hydrogens (tertiary/aromatic N) is 1. The molecule has 2 aromatic rings. The summed E-state index contributed by atoms with van der Waals surface area (Å²) in [6, 6.07) is 5.69. The first kappa shape index (κ1) is 14.4. The van der Waals surface area contributed by atoms with Gasteiger partial charge in [0.1, 0.15) is 0 Å². The van der Waals surface area contributed by atoms with Crippen LogP contribution in [0.4, 0.5) is 11.4 Å². The number of fused-ring (bicyclic) bond motifs is 1. The predicted molar refractivity (Wildman–Crippen MR) is 83.7 cm³/mol. The molecule has 0 atom stereocenters. The van der Waals surface area contributed by atoms with E-state index >= 15 is 0 Å². The molecule has 0 aliphatic heterocycles. The van der Waals surface area contributed by atoms with Crippen molar-refractivity contribution in [2.75, 3.05) is 17.6 Å². The first-order valence-corrected chi connectivity index (χ1v) is 6.95. The highest BCUT2D eigenvalue weighted by Crippen LogP contribution is 2.34. The lowest BCUT2D eigenvalue weighted by atomic mass is 10.1. The fourth-order valence-corrected chi connectivity index (χ4v) is 2.25. The molecule has 0 spiro atoms. The molecule has 0 bridgehead atoms. The van der Waals surface area contributed by atoms with Crippen LogP contribution in [0.1, 0.15) is 13.8 Å². The van der Waals surface area contributed by atoms with Crippen LogP contribution in [-0.2, 0) is 0 Å². The Morgan fingerprint density at radius 1 is 1.47 bits per heavy atom. The van der Waals surface area contributed by atoms with Gasteiger partial charge in [-0.1, -0.05) is 27.5 Å². The van der Waals surface area contributed by atoms with E-state index in [-0.39, 0.29) is 5.15 Å². The second-order valence-electron chi connectivity index (χ2n) is 5.02. The van der Waals surface area contributed by atoms with Gasteiger partial charge in [0.2, 0.25) is 0 Å². The molecule has 0 aliphatic rings. The number of benzene rings is 1. The van der Waals surface area contributed by atoms with Gasteiger partial charge in [0.05, 0.1) is 22.5 Å². The summed E-state index contributed by atoms with van der Waals surface area (Å²) in [5.41, 5.74) is 6.95. The van der Waals surface area contributed by atoms with E-state index in [0.717, 1.165) is 15.4 Å². The molecule has 0 fully saturated rings. The molecule has 0 saturated heterocycles. The standard InChI is InChI=1S/C13H15BrClN3O/c1-13(2,19)6-17-11-8-4-3-7(14)5-9(8)18-12(15)10(11)16/h3-5,19H,6,16H2,1-2H3,(H,17,18). The number of hydrogen-bond donors (Lipinski definition) is 3. The maximum atomic E-state index is 9.80. The van der Waals surface area contributed by atoms with Crippen LogP contribution < -0.4 is 11.1 Å². The number of rotatable bonds is 3. The summed E-state index contributed by atoms with van der Waals surface area (Å²) in [6.07, 6.45) is 0. The number of pyridine rings is 1. The van der Waals surface area contributed by atoms with Gasteiger partial charge in [0.15, 0.2) is 5.15 Å². The Morgan fingerprint density at radius 3 is 2.79 bits per heavy atom. The van der Waals surface area contributed by atoms with Gasteiger partial charge in [-0.15, -0.1) is 0 Å². The number of aromatic nitrogens is 1. The van der Waals surface area contributed by atoms with Crippen molar-refractivity contribution in [2.45, 2.75) is 19.4 Å². The number of nitrogen functional groups attached to an aromatic ring is 1. The Balaban J connectivity index is 2.54. The van der Waals surface area contributed by atoms with Crippen molar-refractivity contribution in [1.29, 1.82) is 0 Å². The molecule has 6 heteroatoms. The third-order valence-corrected chi connectivity index (χ3v) is 3.42. The van der Waals surface area contributed by atoms with Crippen molar-refractivity contribution in [3.63, 3.8) is 0 Å². The average Bonchev–Trinajstić information content (AvgIpc) is 2.28. The van der Waals surface area contributed by atoms with E-state index in [9.17, 15) is 5.11 Å². The summed E-state index contributed by atoms with van der Waals surface area (Å²) in [4.78, 5) is 4.25. The van der Waals surface area contributed by atoms with Crippen LogP contribution in [-0.4, -0.2) is 22.2 Å². The van der Waals surface area contributed by atoms with E-state index in [0.29, 0.717) is 17.9 Å². The molecular formula is C13H15BrClN3O. The molecule has 1 aromatic carbocycles. The Hall–Kier alpha value is -1.04. The van der Waals surface area contributed by atoms with Gasteiger partial charge in [-0.2, -0.15) is 0 Å². The molecule has 1 aromatic heterocycles. The molecule has 1 heterocycles. The van der Waals surface area contributed by atoms with Crippen LogP contribution in [0.5, 0.6) is 0 Å². The van der Waals surface area contributed by atoms with E-state index < -0.39 is 5.60 Å². The highest BCUT2D eigenvalue weighted by Gasteiger charge is 2.16. The topological polar surface area (TPSA) is 71.2 Å². The van der Waals surface area contributed by atoms with E-state index in [1.54, 1.807) is 13.8 Å². The Morgan fingerprint density at radius 2 is 2.16 bits per heavy atom. The Labute approximate surface area is 125 Å². The minimum Gasteiger partial charge on any atom is -0.395 e. The molecule has 0 unspecified atom stereocenters. The average molecular weight is 345 g/mol. The predicted octanol–water partition coefficient (Wildman–Crippen LogP) is 3.42. The number of nitrogens with two attached hydrogens (primary N) is 1. The maximum absolute atomic E-state index is 9.80. The quantitative estimate of drug-likeness (QED) is 0.746. The first-order valence-electron chi connectivity index (χ1n) is 5.78. The van der Waals surface area contributed by atoms with Gasteiger partial charge in [0.25, 0.3) is 0 Å². The zero-order valence-electron chi connectivity index (χ0n) is 10.7. The van der Waals surface area contributed by atoms with Crippen LogP contribution in [0.25, 0.3) is 10.9 Å². The largest absolute Gasteiger partial charge is 0.395 e. The van der Waals surface area contributed by atoms with Crippen molar-refractivity contribution >= 4 is 49.8 Å². The number of nitrogens with one attached hydrogen (secondary N) is 1. The summed E-state index contributed by atoms with van der Waals surface area (Å²) >= 11 is 9.44. The van der Waals surface area contributed by atoms with Crippen molar-refractivity contribution < 1.29 is 5.11 Å². The van der Waals surface area contributed by atoms with Gasteiger partial charge in [-0.25, -0.2) is 4.98 Å². The van der Waals surface area contributed by atoms with E-state index in [1.165, 1.54) is 0 Å². The third-order valence-electron chi connectivity index (χ3n) is 2.64. The van der Waals surface area contributed by atoms with Gasteiger partial charge in [0, 0.05) is 16.4 Å². The zero-order valence-corrected chi connectivity index (χ0v) is 13.0. The van der Waals surface area contributed by atoms with Gasteiger partial charge in [-0.3, -0.25) is 0 Å². The van der Waals surface area contributed by atoms with E-state index in [2.05, 4.69) is 26.2 Å². The lowest BCUT2D eigenvalue weighted by molar-refractivity contribution is 0.0946. The van der Waals surface area contributed by atoms with E-state index in [4.69, 9.17) is 17.3 Å². The fraction of sp³-hybridized carbons (Fsp3) is 0.308. The SMILES string of the molecule is CC(C)(O)CNc1c(N)c(Cl)nc2cc(Br)ccc12. The second-order valence-corrected chi connectivity index (χ2v) is 6.29. The molecule has 102 valence electrons. The number of hydrogen-bond acceptors (Lipinski definition) is 4. The monoisotopic (exact) mass is 343 g/mol. The zero-order chi connectivity index (χ0) is 14.2. The minimum atomic E-state index is -0.843. The highest BCUT2D eigenvalue weighted by atomic mass is 79.9. The van der Waals surface area contributed by atoms with Gasteiger partial charge < -0.3 is 16.2 Å². The van der Waals surface area contributed by atoms with E-state index in [1.807, 2.05) is 18.2 Å². The van der Waals surface area contributed by atoms with Crippen LogP contribution in [0, 0.1) is 0 Å². The summed E-state index contributed by atoms with van der Waals surface area (Å²) in [5, 5.41) is 14.1. The molecule has 4 nitrogen and oxygen atoms in total. The van der Waals surface area contributed by atoms with Gasteiger partial charge in [-0.05, 0) is 32.0 Å². The normalized spacial score (nSPS) is 11.8. The minimum absolute atomic E-state index is 0.254. The number of halogens is 2. The Kier molecular flexibility index (Phi) is 3.90. The molecular weight excluding hydrogens is 330 g/mol. The third kappa shape index (κ3) is 3.29. The summed E-state index contributed by atoms with van der Waals surface area (Å²) < 4.78 is 0.918. The van der Waals surface area contributed by atoms with Crippen molar-refractivity contribution in [3.05, 3.63) is 27.8 Å². The molecule has 19 heavy (non-hydrogen) atoms. The summed E-state index contributed by atoms with van der Waals surface area (Å²) in [6.45, 7) is 3.80. The molecule has 0 radical (unpaired) electrons. The summed E-state index contributed by atoms with van der Waals surface area (Å²) in [5.74, 6) is 0. The summed E-state index contributed by atoms with van der Waals surface area (Å²) in [7, 11) is 0. The van der Waals surface area contributed by atoms with Gasteiger partial charge >= 0.3 is 0 Å². The lowest BCUT2D eigenvalue weighted by Crippen LogP contribution is -2.29. The van der Waals surface area contributed by atoms with Crippen molar-refractivity contribution in [1.82, 2.24) is 4.98 Å². The second kappa shape index (κ2) is 5.15. The number of aliphatic hydroxyl groups is 1. The van der Waals surface area contributed by atoms with Crippen LogP contribution >= 0.6 is 27.5 Å². The number of anilines is 2. The van der Waals surface area contributed by atoms with Crippen LogP contribution in [0.2, 0.25) is 5.15 Å². The molecule has 2 rings (SSSR count). The molecule has 0 saturated carbocycles. The smallest absolute Gasteiger partial charge is 0.154 e. The molecule has 4 N–H and O–H groups in total. The van der Waals surface area contributed by atoms with Crippen molar-refractivity contribution in [2.24, 2.45) is 0 Å². The first-order chi connectivity index (χ1) is 8.78.